The van der Waals surface area contributed by atoms with Crippen LogP contribution in [0.2, 0.25) is 0 Å². The molecule has 2 unspecified atom stereocenters. The highest BCUT2D eigenvalue weighted by Crippen LogP contribution is 2.42. The van der Waals surface area contributed by atoms with E-state index in [0.29, 0.717) is 6.04 Å². The Morgan fingerprint density at radius 3 is 2.85 bits per heavy atom. The monoisotopic (exact) mass is 285 g/mol. The van der Waals surface area contributed by atoms with E-state index in [-0.39, 0.29) is 0 Å². The molecule has 0 spiro atoms. The van der Waals surface area contributed by atoms with E-state index in [1.54, 1.807) is 16.0 Å². The van der Waals surface area contributed by atoms with Crippen molar-refractivity contribution in [3.63, 3.8) is 0 Å². The van der Waals surface area contributed by atoms with Crippen LogP contribution < -0.4 is 5.32 Å². The van der Waals surface area contributed by atoms with Crippen molar-refractivity contribution < 1.29 is 0 Å². The van der Waals surface area contributed by atoms with E-state index in [1.807, 2.05) is 11.3 Å². The van der Waals surface area contributed by atoms with Crippen LogP contribution in [0.3, 0.4) is 0 Å². The highest BCUT2D eigenvalue weighted by atomic mass is 32.1. The maximum atomic E-state index is 3.70. The van der Waals surface area contributed by atoms with Gasteiger partial charge in [-0.05, 0) is 59.9 Å². The fourth-order valence-electron chi connectivity index (χ4n) is 3.33. The smallest absolute Gasteiger partial charge is 0.0423 e. The van der Waals surface area contributed by atoms with Crippen LogP contribution in [0.25, 0.3) is 0 Å². The van der Waals surface area contributed by atoms with Crippen molar-refractivity contribution in [2.24, 2.45) is 0 Å². The predicted molar refractivity (Wildman–Crippen MR) is 87.6 cm³/mol. The van der Waals surface area contributed by atoms with Gasteiger partial charge in [0.05, 0.1) is 0 Å². The van der Waals surface area contributed by atoms with Crippen molar-refractivity contribution in [1.82, 2.24) is 5.32 Å². The summed E-state index contributed by atoms with van der Waals surface area (Å²) in [5, 5.41) is 5.94. The van der Waals surface area contributed by atoms with Gasteiger partial charge >= 0.3 is 0 Å². The Balaban J connectivity index is 1.76. The van der Waals surface area contributed by atoms with E-state index in [4.69, 9.17) is 0 Å². The van der Waals surface area contributed by atoms with Gasteiger partial charge < -0.3 is 5.32 Å². The van der Waals surface area contributed by atoms with Crippen molar-refractivity contribution in [3.05, 3.63) is 57.3 Å². The van der Waals surface area contributed by atoms with Gasteiger partial charge in [-0.2, -0.15) is 0 Å². The number of hydrogen-bond donors (Lipinski definition) is 1. The topological polar surface area (TPSA) is 12.0 Å². The first-order valence-electron chi connectivity index (χ1n) is 7.70. The van der Waals surface area contributed by atoms with Gasteiger partial charge in [0.25, 0.3) is 0 Å². The molecule has 1 N–H and O–H groups in total. The second kappa shape index (κ2) is 6.11. The molecule has 1 nitrogen and oxygen atoms in total. The molecule has 1 aliphatic carbocycles. The highest BCUT2D eigenvalue weighted by Gasteiger charge is 2.29. The molecular formula is C18H23NS. The highest BCUT2D eigenvalue weighted by molar-refractivity contribution is 7.10. The van der Waals surface area contributed by atoms with E-state index in [0.717, 1.165) is 18.9 Å². The van der Waals surface area contributed by atoms with Gasteiger partial charge in [0, 0.05) is 10.9 Å². The fourth-order valence-corrected chi connectivity index (χ4v) is 4.42. The van der Waals surface area contributed by atoms with E-state index in [2.05, 4.69) is 54.9 Å². The third-order valence-corrected chi connectivity index (χ3v) is 5.48. The Bertz CT molecular complexity index is 572. The molecule has 2 aromatic rings. The molecule has 1 aromatic heterocycles. The number of nitrogens with one attached hydrogen (secondary N) is 1. The van der Waals surface area contributed by atoms with Gasteiger partial charge in [-0.25, -0.2) is 0 Å². The van der Waals surface area contributed by atoms with Crippen molar-refractivity contribution in [2.75, 3.05) is 6.54 Å². The molecule has 1 heterocycles. The molecule has 0 amide bonds. The Labute approximate surface area is 126 Å². The maximum Gasteiger partial charge on any atom is 0.0423 e. The molecule has 0 fully saturated rings. The number of aryl methyl sites for hydroxylation is 1. The molecule has 2 heteroatoms. The summed E-state index contributed by atoms with van der Waals surface area (Å²) in [6.45, 7) is 5.51. The van der Waals surface area contributed by atoms with E-state index in [9.17, 15) is 0 Å². The lowest BCUT2D eigenvalue weighted by Crippen LogP contribution is -2.27. The molecule has 20 heavy (non-hydrogen) atoms. The average molecular weight is 285 g/mol. The Hall–Kier alpha value is -1.12. The average Bonchev–Trinajstić information content (AvgIpc) is 2.92. The summed E-state index contributed by atoms with van der Waals surface area (Å²) in [6, 6.07) is 11.7. The van der Waals surface area contributed by atoms with Gasteiger partial charge in [0.2, 0.25) is 0 Å². The number of rotatable bonds is 6. The first kappa shape index (κ1) is 13.8. The molecule has 2 atom stereocenters. The summed E-state index contributed by atoms with van der Waals surface area (Å²) < 4.78 is 0. The van der Waals surface area contributed by atoms with Crippen molar-refractivity contribution in [3.8, 4) is 0 Å². The lowest BCUT2D eigenvalue weighted by molar-refractivity contribution is 0.439. The molecule has 3 rings (SSSR count). The quantitative estimate of drug-likeness (QED) is 0.812. The molecule has 0 aliphatic heterocycles. The summed E-state index contributed by atoms with van der Waals surface area (Å²) >= 11 is 1.92. The van der Waals surface area contributed by atoms with Crippen molar-refractivity contribution in [1.29, 1.82) is 0 Å². The van der Waals surface area contributed by atoms with Gasteiger partial charge in [-0.1, -0.05) is 38.1 Å². The van der Waals surface area contributed by atoms with Gasteiger partial charge in [-0.3, -0.25) is 0 Å². The standard InChI is InChI=1S/C18H23NS/c1-3-13-9-10-20-18(13)17(19-4-2)12-15-11-14-7-5-6-8-16(14)15/h5-10,15,17,19H,3-4,11-12H2,1-2H3. The maximum absolute atomic E-state index is 3.70. The predicted octanol–water partition coefficient (Wildman–Crippen LogP) is 4.69. The summed E-state index contributed by atoms with van der Waals surface area (Å²) in [5.74, 6) is 0.738. The van der Waals surface area contributed by atoms with Crippen LogP contribution in [0, 0.1) is 0 Å². The Morgan fingerprint density at radius 2 is 2.10 bits per heavy atom. The van der Waals surface area contributed by atoms with Crippen LogP contribution in [-0.2, 0) is 12.8 Å². The molecule has 1 aliphatic rings. The van der Waals surface area contributed by atoms with E-state index in [1.165, 1.54) is 18.4 Å². The van der Waals surface area contributed by atoms with Crippen LogP contribution in [-0.4, -0.2) is 6.54 Å². The first-order chi connectivity index (χ1) is 9.83. The van der Waals surface area contributed by atoms with Crippen LogP contribution in [0.1, 0.15) is 53.8 Å². The first-order valence-corrected chi connectivity index (χ1v) is 8.58. The van der Waals surface area contributed by atoms with Gasteiger partial charge in [-0.15, -0.1) is 11.3 Å². The second-order valence-electron chi connectivity index (χ2n) is 5.61. The minimum atomic E-state index is 0.522. The number of fused-ring (bicyclic) bond motifs is 1. The molecule has 1 aromatic carbocycles. The molecule has 0 radical (unpaired) electrons. The minimum absolute atomic E-state index is 0.522. The zero-order chi connectivity index (χ0) is 13.9. The molecule has 0 saturated carbocycles. The Morgan fingerprint density at radius 1 is 1.25 bits per heavy atom. The summed E-state index contributed by atoms with van der Waals surface area (Å²) in [6.07, 6.45) is 3.63. The minimum Gasteiger partial charge on any atom is -0.309 e. The van der Waals surface area contributed by atoms with E-state index >= 15 is 0 Å². The number of benzene rings is 1. The summed E-state index contributed by atoms with van der Waals surface area (Å²) in [7, 11) is 0. The zero-order valence-electron chi connectivity index (χ0n) is 12.4. The van der Waals surface area contributed by atoms with Crippen LogP contribution >= 0.6 is 11.3 Å². The SMILES string of the molecule is CCNC(CC1Cc2ccccc21)c1sccc1CC. The van der Waals surface area contributed by atoms with Crippen molar-refractivity contribution >= 4 is 11.3 Å². The molecular weight excluding hydrogens is 262 g/mol. The third-order valence-electron chi connectivity index (χ3n) is 4.41. The summed E-state index contributed by atoms with van der Waals surface area (Å²) in [4.78, 5) is 1.55. The molecule has 106 valence electrons. The zero-order valence-corrected chi connectivity index (χ0v) is 13.2. The van der Waals surface area contributed by atoms with Crippen molar-refractivity contribution in [2.45, 2.75) is 45.1 Å². The third kappa shape index (κ3) is 2.55. The van der Waals surface area contributed by atoms with Crippen LogP contribution in [0.4, 0.5) is 0 Å². The van der Waals surface area contributed by atoms with Gasteiger partial charge in [0.1, 0.15) is 0 Å². The normalized spacial score (nSPS) is 18.4. The second-order valence-corrected chi connectivity index (χ2v) is 6.56. The molecule has 0 bridgehead atoms. The number of hydrogen-bond acceptors (Lipinski definition) is 2. The van der Waals surface area contributed by atoms with Crippen LogP contribution in [0.15, 0.2) is 35.7 Å². The number of thiophene rings is 1. The Kier molecular flexibility index (Phi) is 4.23. The van der Waals surface area contributed by atoms with E-state index < -0.39 is 0 Å². The largest absolute Gasteiger partial charge is 0.309 e. The summed E-state index contributed by atoms with van der Waals surface area (Å²) in [5.41, 5.74) is 4.65. The lowest BCUT2D eigenvalue weighted by atomic mass is 9.74. The fraction of sp³-hybridized carbons (Fsp3) is 0.444. The van der Waals surface area contributed by atoms with Gasteiger partial charge in [0.15, 0.2) is 0 Å². The van der Waals surface area contributed by atoms with Crippen LogP contribution in [0.5, 0.6) is 0 Å². The molecule has 0 saturated heterocycles. The lowest BCUT2D eigenvalue weighted by Gasteiger charge is -2.33.